The van der Waals surface area contributed by atoms with Gasteiger partial charge in [0.25, 0.3) is 0 Å². The predicted molar refractivity (Wildman–Crippen MR) is 207 cm³/mol. The highest BCUT2D eigenvalue weighted by Crippen LogP contribution is 2.61. The van der Waals surface area contributed by atoms with Crippen LogP contribution in [0.1, 0.15) is 42.0 Å². The molecule has 51 heavy (non-hydrogen) atoms. The van der Waals surface area contributed by atoms with E-state index in [-0.39, 0.29) is 6.04 Å². The number of rotatable bonds is 4. The molecule has 10 rings (SSSR count). The molecule has 3 unspecified atom stereocenters. The summed E-state index contributed by atoms with van der Waals surface area (Å²) >= 11 is 0. The first kappa shape index (κ1) is 29.6. The van der Waals surface area contributed by atoms with Crippen molar-refractivity contribution in [2.24, 2.45) is 5.92 Å². The number of allylic oxidation sites excluding steroid dienone is 1. The minimum Gasteiger partial charge on any atom is -0.453 e. The van der Waals surface area contributed by atoms with Gasteiger partial charge in [0.15, 0.2) is 23.0 Å². The van der Waals surface area contributed by atoms with Crippen molar-refractivity contribution in [3.63, 3.8) is 0 Å². The number of benzene rings is 7. The van der Waals surface area contributed by atoms with Crippen LogP contribution in [0.15, 0.2) is 164 Å². The Bertz CT molecular complexity index is 2470. The summed E-state index contributed by atoms with van der Waals surface area (Å²) in [4.78, 5) is 2.32. The molecule has 3 heterocycles. The summed E-state index contributed by atoms with van der Waals surface area (Å²) in [6.45, 7) is 2.38. The first-order valence-electron chi connectivity index (χ1n) is 17.8. The average molecular weight is 661 g/mol. The Morgan fingerprint density at radius 3 is 2.06 bits per heavy atom. The summed E-state index contributed by atoms with van der Waals surface area (Å²) in [7, 11) is 0. The molecule has 0 saturated heterocycles. The predicted octanol–water partition coefficient (Wildman–Crippen LogP) is 12.7. The van der Waals surface area contributed by atoms with Gasteiger partial charge in [0.05, 0.1) is 17.4 Å². The lowest BCUT2D eigenvalue weighted by molar-refractivity contribution is 0.401. The van der Waals surface area contributed by atoms with Crippen molar-refractivity contribution in [2.45, 2.75) is 25.3 Å². The third-order valence-corrected chi connectivity index (χ3v) is 10.7. The van der Waals surface area contributed by atoms with Crippen molar-refractivity contribution in [1.82, 2.24) is 5.32 Å². The first-order chi connectivity index (χ1) is 25.2. The second-order valence-electron chi connectivity index (χ2n) is 13.9. The average Bonchev–Trinajstić information content (AvgIpc) is 3.36. The van der Waals surface area contributed by atoms with Crippen LogP contribution in [0.3, 0.4) is 0 Å². The van der Waals surface area contributed by atoms with Crippen LogP contribution in [0.5, 0.6) is 23.0 Å². The molecule has 1 N–H and O–H groups in total. The van der Waals surface area contributed by atoms with Crippen molar-refractivity contribution in [1.29, 1.82) is 0 Å². The van der Waals surface area contributed by atoms with E-state index < -0.39 is 0 Å². The lowest BCUT2D eigenvalue weighted by Crippen LogP contribution is -2.24. The van der Waals surface area contributed by atoms with Crippen molar-refractivity contribution < 1.29 is 9.47 Å². The summed E-state index contributed by atoms with van der Waals surface area (Å²) in [5, 5.41) is 6.33. The molecule has 4 nitrogen and oxygen atoms in total. The molecule has 7 aromatic rings. The van der Waals surface area contributed by atoms with E-state index in [0.29, 0.717) is 11.8 Å². The minimum absolute atomic E-state index is 0.119. The van der Waals surface area contributed by atoms with Crippen LogP contribution in [-0.2, 0) is 0 Å². The fourth-order valence-electron chi connectivity index (χ4n) is 8.19. The molecular weight excluding hydrogens is 625 g/mol. The van der Waals surface area contributed by atoms with Crippen LogP contribution < -0.4 is 19.7 Å². The van der Waals surface area contributed by atoms with Crippen LogP contribution in [-0.4, -0.2) is 0 Å². The van der Waals surface area contributed by atoms with Gasteiger partial charge in [-0.1, -0.05) is 134 Å². The molecule has 4 heteroatoms. The normalized spacial score (nSPS) is 18.6. The van der Waals surface area contributed by atoms with Gasteiger partial charge in [-0.25, -0.2) is 0 Å². The number of ether oxygens (including phenoxy) is 2. The van der Waals surface area contributed by atoms with Crippen LogP contribution in [0, 0.1) is 5.92 Å². The molecule has 0 aliphatic carbocycles. The fourth-order valence-corrected chi connectivity index (χ4v) is 8.19. The van der Waals surface area contributed by atoms with Crippen LogP contribution in [0.25, 0.3) is 27.6 Å². The molecule has 3 atom stereocenters. The molecule has 246 valence electrons. The SMILES string of the molecule is CC1CC(c2ccccc2)C=C(c2ccccc2)NC1c1cccc(-c2cccc3c2Oc2cccc4c2N3c2cc3ccccc3cc2O4)c1. The number of hydrogen-bond donors (Lipinski definition) is 1. The molecule has 0 spiro atoms. The summed E-state index contributed by atoms with van der Waals surface area (Å²) < 4.78 is 13.3. The van der Waals surface area contributed by atoms with E-state index in [1.54, 1.807) is 0 Å². The summed E-state index contributed by atoms with van der Waals surface area (Å²) in [5.41, 5.74) is 10.1. The number of nitrogens with zero attached hydrogens (tertiary/aromatic N) is 1. The molecule has 0 amide bonds. The van der Waals surface area contributed by atoms with E-state index in [1.165, 1.54) is 27.8 Å². The number of anilines is 3. The van der Waals surface area contributed by atoms with Gasteiger partial charge in [-0.3, -0.25) is 4.90 Å². The quantitative estimate of drug-likeness (QED) is 0.204. The highest BCUT2D eigenvalue weighted by atomic mass is 16.5. The monoisotopic (exact) mass is 660 g/mol. The van der Waals surface area contributed by atoms with Gasteiger partial charge in [-0.05, 0) is 81.8 Å². The Morgan fingerprint density at radius 1 is 0.569 bits per heavy atom. The van der Waals surface area contributed by atoms with Crippen LogP contribution in [0.2, 0.25) is 0 Å². The maximum Gasteiger partial charge on any atom is 0.159 e. The van der Waals surface area contributed by atoms with Gasteiger partial charge in [-0.2, -0.15) is 0 Å². The molecule has 3 aliphatic heterocycles. The lowest BCUT2D eigenvalue weighted by Gasteiger charge is -2.38. The number of nitrogens with one attached hydrogen (secondary N) is 1. The zero-order valence-corrected chi connectivity index (χ0v) is 28.3. The molecular formula is C47H36N2O2. The van der Waals surface area contributed by atoms with Gasteiger partial charge >= 0.3 is 0 Å². The van der Waals surface area contributed by atoms with E-state index in [1.807, 2.05) is 18.2 Å². The second kappa shape index (κ2) is 12.0. The molecule has 3 aliphatic rings. The highest BCUT2D eigenvalue weighted by Gasteiger charge is 2.36. The summed E-state index contributed by atoms with van der Waals surface area (Å²) in [5.74, 6) is 3.93. The lowest BCUT2D eigenvalue weighted by atomic mass is 9.84. The Balaban J connectivity index is 1.07. The summed E-state index contributed by atoms with van der Waals surface area (Å²) in [6.07, 6.45) is 3.47. The largest absolute Gasteiger partial charge is 0.453 e. The zero-order valence-electron chi connectivity index (χ0n) is 28.3. The van der Waals surface area contributed by atoms with Gasteiger partial charge in [0.2, 0.25) is 0 Å². The van der Waals surface area contributed by atoms with Gasteiger partial charge in [0, 0.05) is 17.2 Å². The molecule has 0 bridgehead atoms. The molecule has 7 aromatic carbocycles. The van der Waals surface area contributed by atoms with Crippen molar-refractivity contribution >= 4 is 33.5 Å². The Kier molecular flexibility index (Phi) is 6.95. The third kappa shape index (κ3) is 5.06. The van der Waals surface area contributed by atoms with Crippen molar-refractivity contribution in [2.75, 3.05) is 4.90 Å². The van der Waals surface area contributed by atoms with Crippen molar-refractivity contribution in [3.05, 3.63) is 180 Å². The van der Waals surface area contributed by atoms with E-state index >= 15 is 0 Å². The molecule has 0 fully saturated rings. The Morgan fingerprint density at radius 2 is 1.24 bits per heavy atom. The van der Waals surface area contributed by atoms with Gasteiger partial charge < -0.3 is 14.8 Å². The first-order valence-corrected chi connectivity index (χ1v) is 17.8. The minimum atomic E-state index is 0.119. The maximum atomic E-state index is 6.83. The topological polar surface area (TPSA) is 33.7 Å². The molecule has 0 aromatic heterocycles. The van der Waals surface area contributed by atoms with Crippen LogP contribution >= 0.6 is 0 Å². The standard InChI is InChI=1S/C47H36N2O2/c1-30-25-37(31-13-4-2-5-14-31)27-39(32-15-6-3-7-16-32)48-45(30)36-20-10-19-35(26-36)38-21-11-22-40-47(38)51-43-24-12-23-42-46(43)49(40)41-28-33-17-8-9-18-34(33)29-44(41)50-42/h2-24,26-30,37,45,48H,25H2,1H3. The third-order valence-electron chi connectivity index (χ3n) is 10.7. The Hall–Kier alpha value is -6.26. The smallest absolute Gasteiger partial charge is 0.159 e. The number of hydrogen-bond acceptors (Lipinski definition) is 4. The van der Waals surface area contributed by atoms with Crippen LogP contribution in [0.4, 0.5) is 17.1 Å². The molecule has 0 saturated carbocycles. The Labute approximate surface area is 298 Å². The van der Waals surface area contributed by atoms with Gasteiger partial charge in [0.1, 0.15) is 5.69 Å². The second-order valence-corrected chi connectivity index (χ2v) is 13.9. The highest BCUT2D eigenvalue weighted by molar-refractivity contribution is 6.00. The number of fused-ring (bicyclic) bond motifs is 5. The maximum absolute atomic E-state index is 6.83. The van der Waals surface area contributed by atoms with E-state index in [2.05, 4.69) is 163 Å². The van der Waals surface area contributed by atoms with E-state index in [0.717, 1.165) is 63.0 Å². The number of para-hydroxylation sites is 2. The van der Waals surface area contributed by atoms with E-state index in [9.17, 15) is 0 Å². The van der Waals surface area contributed by atoms with Gasteiger partial charge in [-0.15, -0.1) is 0 Å². The van der Waals surface area contributed by atoms with Crippen molar-refractivity contribution in [3.8, 4) is 34.1 Å². The molecule has 0 radical (unpaired) electrons. The zero-order chi connectivity index (χ0) is 33.9. The van der Waals surface area contributed by atoms with E-state index in [4.69, 9.17) is 9.47 Å². The fraction of sp³-hybridized carbons (Fsp3) is 0.106. The summed E-state index contributed by atoms with van der Waals surface area (Å²) in [6, 6.07) is 56.1.